The Balaban J connectivity index is 2.00. The van der Waals surface area contributed by atoms with Gasteiger partial charge in [0, 0.05) is 11.3 Å². The lowest BCUT2D eigenvalue weighted by Crippen LogP contribution is -1.90. The van der Waals surface area contributed by atoms with Gasteiger partial charge >= 0.3 is 0 Å². The van der Waals surface area contributed by atoms with E-state index in [0.29, 0.717) is 0 Å². The van der Waals surface area contributed by atoms with Crippen molar-refractivity contribution in [1.29, 1.82) is 0 Å². The van der Waals surface area contributed by atoms with Crippen LogP contribution in [0.15, 0.2) is 60.7 Å². The maximum absolute atomic E-state index is 5.22. The van der Waals surface area contributed by atoms with E-state index in [9.17, 15) is 0 Å². The third-order valence-corrected chi connectivity index (χ3v) is 3.76. The average molecular weight is 305 g/mol. The number of aromatic nitrogens is 1. The number of methoxy groups -OCH3 is 2. The molecule has 0 unspecified atom stereocenters. The van der Waals surface area contributed by atoms with Gasteiger partial charge in [0.1, 0.15) is 11.5 Å². The van der Waals surface area contributed by atoms with Crippen LogP contribution in [0.1, 0.15) is 5.69 Å². The van der Waals surface area contributed by atoms with Gasteiger partial charge in [-0.05, 0) is 66.6 Å². The van der Waals surface area contributed by atoms with Crippen LogP contribution in [0, 0.1) is 6.92 Å². The van der Waals surface area contributed by atoms with Crippen LogP contribution in [0.3, 0.4) is 0 Å². The fourth-order valence-corrected chi connectivity index (χ4v) is 2.53. The summed E-state index contributed by atoms with van der Waals surface area (Å²) in [6, 6.07) is 20.2. The molecule has 1 aromatic heterocycles. The van der Waals surface area contributed by atoms with E-state index in [1.54, 1.807) is 14.2 Å². The number of hydrogen-bond donors (Lipinski definition) is 0. The molecule has 3 nitrogen and oxygen atoms in total. The minimum atomic E-state index is 0.844. The molecule has 0 saturated carbocycles. The second kappa shape index (κ2) is 6.53. The fourth-order valence-electron chi connectivity index (χ4n) is 2.53. The molecule has 116 valence electrons. The average Bonchev–Trinajstić information content (AvgIpc) is 2.61. The first-order valence-corrected chi connectivity index (χ1v) is 7.47. The van der Waals surface area contributed by atoms with Gasteiger partial charge in [-0.25, -0.2) is 0 Å². The Morgan fingerprint density at radius 1 is 0.652 bits per heavy atom. The fraction of sp³-hybridized carbons (Fsp3) is 0.150. The summed E-state index contributed by atoms with van der Waals surface area (Å²) in [5.41, 5.74) is 5.31. The molecule has 0 aliphatic heterocycles. The standard InChI is InChI=1S/C20H19NO2/c1-14-12-17(15-4-8-18(22-2)9-5-15)13-20(21-14)16-6-10-19(23-3)11-7-16/h4-13H,1-3H3. The van der Waals surface area contributed by atoms with Crippen molar-refractivity contribution in [3.05, 3.63) is 66.4 Å². The SMILES string of the molecule is COc1ccc(-c2cc(C)nc(-c3ccc(OC)cc3)c2)cc1. The number of aryl methyl sites for hydroxylation is 1. The summed E-state index contributed by atoms with van der Waals surface area (Å²) in [7, 11) is 3.34. The lowest BCUT2D eigenvalue weighted by Gasteiger charge is -2.09. The summed E-state index contributed by atoms with van der Waals surface area (Å²) in [5.74, 6) is 1.70. The van der Waals surface area contributed by atoms with E-state index >= 15 is 0 Å². The first-order chi connectivity index (χ1) is 11.2. The molecule has 0 radical (unpaired) electrons. The molecule has 0 atom stereocenters. The Bertz CT molecular complexity index is 727. The molecular weight excluding hydrogens is 286 g/mol. The van der Waals surface area contributed by atoms with Gasteiger partial charge in [-0.15, -0.1) is 0 Å². The van der Waals surface area contributed by atoms with E-state index in [-0.39, 0.29) is 0 Å². The molecule has 0 fully saturated rings. The second-order valence-corrected chi connectivity index (χ2v) is 5.34. The van der Waals surface area contributed by atoms with Crippen LogP contribution in [0.5, 0.6) is 11.5 Å². The number of rotatable bonds is 4. The van der Waals surface area contributed by atoms with Crippen LogP contribution in [-0.4, -0.2) is 19.2 Å². The highest BCUT2D eigenvalue weighted by Gasteiger charge is 2.06. The monoisotopic (exact) mass is 305 g/mol. The van der Waals surface area contributed by atoms with Gasteiger partial charge in [0.15, 0.2) is 0 Å². The van der Waals surface area contributed by atoms with E-state index in [4.69, 9.17) is 9.47 Å². The molecule has 2 aromatic carbocycles. The van der Waals surface area contributed by atoms with Gasteiger partial charge in [-0.3, -0.25) is 4.98 Å². The molecule has 3 heteroatoms. The Labute approximate surface area is 136 Å². The number of ether oxygens (including phenoxy) is 2. The number of pyridine rings is 1. The van der Waals surface area contributed by atoms with Gasteiger partial charge in [0.2, 0.25) is 0 Å². The van der Waals surface area contributed by atoms with Crippen molar-refractivity contribution in [2.45, 2.75) is 6.92 Å². The summed E-state index contributed by atoms with van der Waals surface area (Å²) in [6.07, 6.45) is 0. The molecule has 0 spiro atoms. The van der Waals surface area contributed by atoms with Crippen molar-refractivity contribution in [1.82, 2.24) is 4.98 Å². The third kappa shape index (κ3) is 3.34. The van der Waals surface area contributed by atoms with Crippen molar-refractivity contribution < 1.29 is 9.47 Å². The molecule has 1 heterocycles. The second-order valence-electron chi connectivity index (χ2n) is 5.34. The molecule has 3 rings (SSSR count). The van der Waals surface area contributed by atoms with Crippen molar-refractivity contribution in [2.24, 2.45) is 0 Å². The summed E-state index contributed by atoms with van der Waals surface area (Å²) in [5, 5.41) is 0. The zero-order chi connectivity index (χ0) is 16.2. The first kappa shape index (κ1) is 15.1. The van der Waals surface area contributed by atoms with Gasteiger partial charge < -0.3 is 9.47 Å². The van der Waals surface area contributed by atoms with E-state index in [1.165, 1.54) is 0 Å². The van der Waals surface area contributed by atoms with Crippen LogP contribution in [0.2, 0.25) is 0 Å². The van der Waals surface area contributed by atoms with Crippen molar-refractivity contribution in [2.75, 3.05) is 14.2 Å². The van der Waals surface area contributed by atoms with Gasteiger partial charge in [0.25, 0.3) is 0 Å². The molecule has 0 bridgehead atoms. The lowest BCUT2D eigenvalue weighted by molar-refractivity contribution is 0.415. The Morgan fingerprint density at radius 2 is 1.17 bits per heavy atom. The number of hydrogen-bond acceptors (Lipinski definition) is 3. The minimum Gasteiger partial charge on any atom is -0.497 e. The van der Waals surface area contributed by atoms with Crippen molar-refractivity contribution >= 4 is 0 Å². The van der Waals surface area contributed by atoms with E-state index in [2.05, 4.69) is 29.2 Å². The molecule has 0 N–H and O–H groups in total. The molecule has 0 amide bonds. The summed E-state index contributed by atoms with van der Waals surface area (Å²) in [6.45, 7) is 2.01. The number of nitrogens with zero attached hydrogens (tertiary/aromatic N) is 1. The molecule has 23 heavy (non-hydrogen) atoms. The van der Waals surface area contributed by atoms with Crippen molar-refractivity contribution in [3.63, 3.8) is 0 Å². The quantitative estimate of drug-likeness (QED) is 0.697. The maximum Gasteiger partial charge on any atom is 0.118 e. The minimum absolute atomic E-state index is 0.844. The van der Waals surface area contributed by atoms with Gasteiger partial charge in [-0.2, -0.15) is 0 Å². The first-order valence-electron chi connectivity index (χ1n) is 7.47. The van der Waals surface area contributed by atoms with E-state index in [1.807, 2.05) is 43.3 Å². The maximum atomic E-state index is 5.22. The van der Waals surface area contributed by atoms with Crippen LogP contribution < -0.4 is 9.47 Å². The normalized spacial score (nSPS) is 10.4. The Hall–Kier alpha value is -2.81. The highest BCUT2D eigenvalue weighted by Crippen LogP contribution is 2.28. The largest absolute Gasteiger partial charge is 0.497 e. The molecule has 0 aliphatic rings. The summed E-state index contributed by atoms with van der Waals surface area (Å²) < 4.78 is 10.4. The Kier molecular flexibility index (Phi) is 4.29. The van der Waals surface area contributed by atoms with E-state index in [0.717, 1.165) is 39.6 Å². The smallest absolute Gasteiger partial charge is 0.118 e. The third-order valence-electron chi connectivity index (χ3n) is 3.76. The summed E-state index contributed by atoms with van der Waals surface area (Å²) >= 11 is 0. The predicted octanol–water partition coefficient (Wildman–Crippen LogP) is 4.74. The highest BCUT2D eigenvalue weighted by atomic mass is 16.5. The van der Waals surface area contributed by atoms with Crippen LogP contribution in [0.4, 0.5) is 0 Å². The van der Waals surface area contributed by atoms with Gasteiger partial charge in [-0.1, -0.05) is 12.1 Å². The van der Waals surface area contributed by atoms with Crippen molar-refractivity contribution in [3.8, 4) is 33.9 Å². The molecule has 0 aliphatic carbocycles. The molecule has 3 aromatic rings. The molecule has 0 saturated heterocycles. The van der Waals surface area contributed by atoms with Crippen LogP contribution >= 0.6 is 0 Å². The number of benzene rings is 2. The zero-order valence-corrected chi connectivity index (χ0v) is 13.5. The zero-order valence-electron chi connectivity index (χ0n) is 13.5. The lowest BCUT2D eigenvalue weighted by atomic mass is 10.0. The Morgan fingerprint density at radius 3 is 1.70 bits per heavy atom. The van der Waals surface area contributed by atoms with E-state index < -0.39 is 0 Å². The van der Waals surface area contributed by atoms with Gasteiger partial charge in [0.05, 0.1) is 19.9 Å². The van der Waals surface area contributed by atoms with Crippen LogP contribution in [-0.2, 0) is 0 Å². The molecular formula is C20H19NO2. The summed E-state index contributed by atoms with van der Waals surface area (Å²) in [4.78, 5) is 4.65. The predicted molar refractivity (Wildman–Crippen MR) is 93.0 cm³/mol. The highest BCUT2D eigenvalue weighted by molar-refractivity contribution is 5.71. The van der Waals surface area contributed by atoms with Crippen LogP contribution in [0.25, 0.3) is 22.4 Å². The topological polar surface area (TPSA) is 31.4 Å².